The number of rotatable bonds is 9. The largest absolute Gasteiger partial charge is 0.490 e. The third kappa shape index (κ3) is 5.90. The third-order valence-corrected chi connectivity index (χ3v) is 5.90. The number of halogens is 1. The van der Waals surface area contributed by atoms with Crippen molar-refractivity contribution in [3.8, 4) is 11.5 Å². The Morgan fingerprint density at radius 1 is 1.13 bits per heavy atom. The van der Waals surface area contributed by atoms with Crippen LogP contribution in [-0.2, 0) is 9.53 Å². The lowest BCUT2D eigenvalue weighted by atomic mass is 10.2. The lowest BCUT2D eigenvalue weighted by molar-refractivity contribution is -0.122. The minimum atomic E-state index is -0.0975. The molecule has 2 aromatic rings. The SMILES string of the molecule is CCOc1cc(/C=C2/SC(=Nc3ccccc3)N(CCOC)C2=O)cc(Br)c1OCC. The number of hydrogen-bond donors (Lipinski definition) is 0. The number of hydrogen-bond acceptors (Lipinski definition) is 6. The predicted octanol–water partition coefficient (Wildman–Crippen LogP) is 5.50. The molecule has 1 aliphatic heterocycles. The van der Waals surface area contributed by atoms with Crippen LogP contribution in [0.3, 0.4) is 0 Å². The van der Waals surface area contributed by atoms with Crippen molar-refractivity contribution in [2.45, 2.75) is 13.8 Å². The van der Waals surface area contributed by atoms with Gasteiger partial charge in [-0.25, -0.2) is 4.99 Å². The topological polar surface area (TPSA) is 60.4 Å². The van der Waals surface area contributed by atoms with E-state index in [1.165, 1.54) is 11.8 Å². The molecule has 1 amide bonds. The monoisotopic (exact) mass is 504 g/mol. The molecule has 8 heteroatoms. The van der Waals surface area contributed by atoms with Gasteiger partial charge in [0, 0.05) is 7.11 Å². The molecule has 0 radical (unpaired) electrons. The lowest BCUT2D eigenvalue weighted by Gasteiger charge is -2.14. The van der Waals surface area contributed by atoms with E-state index in [1.54, 1.807) is 12.0 Å². The highest BCUT2D eigenvalue weighted by Gasteiger charge is 2.33. The third-order valence-electron chi connectivity index (χ3n) is 4.31. The van der Waals surface area contributed by atoms with E-state index in [4.69, 9.17) is 14.2 Å². The minimum Gasteiger partial charge on any atom is -0.490 e. The molecule has 1 aliphatic rings. The van der Waals surface area contributed by atoms with Crippen LogP contribution in [-0.4, -0.2) is 49.4 Å². The Bertz CT molecular complexity index is 979. The van der Waals surface area contributed by atoms with Crippen LogP contribution in [0.25, 0.3) is 6.08 Å². The van der Waals surface area contributed by atoms with Gasteiger partial charge in [-0.1, -0.05) is 18.2 Å². The van der Waals surface area contributed by atoms with Gasteiger partial charge in [0.25, 0.3) is 5.91 Å². The molecular weight excluding hydrogens is 480 g/mol. The number of amides is 1. The average Bonchev–Trinajstić information content (AvgIpc) is 3.04. The summed E-state index contributed by atoms with van der Waals surface area (Å²) in [5.74, 6) is 1.19. The second-order valence-electron chi connectivity index (χ2n) is 6.49. The van der Waals surface area contributed by atoms with Crippen molar-refractivity contribution in [2.24, 2.45) is 4.99 Å². The molecule has 0 N–H and O–H groups in total. The Morgan fingerprint density at radius 2 is 1.87 bits per heavy atom. The van der Waals surface area contributed by atoms with Gasteiger partial charge >= 0.3 is 0 Å². The van der Waals surface area contributed by atoms with Crippen LogP contribution < -0.4 is 9.47 Å². The van der Waals surface area contributed by atoms with Crippen molar-refractivity contribution >= 4 is 50.5 Å². The smallest absolute Gasteiger partial charge is 0.266 e. The number of benzene rings is 2. The predicted molar refractivity (Wildman–Crippen MR) is 129 cm³/mol. The molecule has 2 aromatic carbocycles. The molecule has 164 valence electrons. The van der Waals surface area contributed by atoms with Crippen molar-refractivity contribution in [3.63, 3.8) is 0 Å². The van der Waals surface area contributed by atoms with E-state index >= 15 is 0 Å². The van der Waals surface area contributed by atoms with Crippen LogP contribution in [0.5, 0.6) is 11.5 Å². The molecule has 1 saturated heterocycles. The first-order valence-corrected chi connectivity index (χ1v) is 11.6. The highest BCUT2D eigenvalue weighted by molar-refractivity contribution is 9.10. The van der Waals surface area contributed by atoms with E-state index in [0.717, 1.165) is 15.7 Å². The maximum atomic E-state index is 13.1. The summed E-state index contributed by atoms with van der Waals surface area (Å²) in [4.78, 5) is 20.0. The van der Waals surface area contributed by atoms with Gasteiger partial charge in [0.1, 0.15) is 0 Å². The molecule has 0 spiro atoms. The molecule has 31 heavy (non-hydrogen) atoms. The van der Waals surface area contributed by atoms with Crippen molar-refractivity contribution in [2.75, 3.05) is 33.5 Å². The highest BCUT2D eigenvalue weighted by Crippen LogP contribution is 2.39. The van der Waals surface area contributed by atoms with Gasteiger partial charge in [-0.05, 0) is 77.4 Å². The van der Waals surface area contributed by atoms with Crippen molar-refractivity contribution in [3.05, 3.63) is 57.4 Å². The molecule has 0 aliphatic carbocycles. The number of nitrogens with zero attached hydrogens (tertiary/aromatic N) is 2. The van der Waals surface area contributed by atoms with E-state index in [1.807, 2.05) is 62.4 Å². The van der Waals surface area contributed by atoms with Crippen molar-refractivity contribution < 1.29 is 19.0 Å². The van der Waals surface area contributed by atoms with E-state index < -0.39 is 0 Å². The number of carbonyl (C=O) groups is 1. The van der Waals surface area contributed by atoms with Crippen LogP contribution in [0.15, 0.2) is 56.8 Å². The van der Waals surface area contributed by atoms with Gasteiger partial charge in [-0.15, -0.1) is 0 Å². The van der Waals surface area contributed by atoms with Gasteiger partial charge in [0.2, 0.25) is 0 Å². The van der Waals surface area contributed by atoms with Crippen LogP contribution in [0.1, 0.15) is 19.4 Å². The normalized spacial score (nSPS) is 16.4. The first kappa shape index (κ1) is 23.4. The molecule has 0 atom stereocenters. The Balaban J connectivity index is 1.96. The fourth-order valence-electron chi connectivity index (χ4n) is 2.95. The van der Waals surface area contributed by atoms with Gasteiger partial charge in [0.05, 0.1) is 41.4 Å². The highest BCUT2D eigenvalue weighted by atomic mass is 79.9. The molecular formula is C23H25BrN2O4S. The zero-order valence-corrected chi connectivity index (χ0v) is 20.2. The molecule has 0 bridgehead atoms. The van der Waals surface area contributed by atoms with Crippen LogP contribution in [0, 0.1) is 0 Å². The quantitative estimate of drug-likeness (QED) is 0.422. The summed E-state index contributed by atoms with van der Waals surface area (Å²) in [5.41, 5.74) is 1.63. The van der Waals surface area contributed by atoms with E-state index in [0.29, 0.717) is 47.9 Å². The van der Waals surface area contributed by atoms with Gasteiger partial charge in [-0.2, -0.15) is 0 Å². The summed E-state index contributed by atoms with van der Waals surface area (Å²) in [5, 5.41) is 0.634. The number of methoxy groups -OCH3 is 1. The summed E-state index contributed by atoms with van der Waals surface area (Å²) >= 11 is 4.91. The second kappa shape index (κ2) is 11.4. The van der Waals surface area contributed by atoms with Gasteiger partial charge < -0.3 is 14.2 Å². The average molecular weight is 505 g/mol. The summed E-state index contributed by atoms with van der Waals surface area (Å²) in [6, 6.07) is 13.4. The van der Waals surface area contributed by atoms with E-state index in [-0.39, 0.29) is 5.91 Å². The van der Waals surface area contributed by atoms with Crippen molar-refractivity contribution in [1.29, 1.82) is 0 Å². The fraction of sp³-hybridized carbons (Fsp3) is 0.304. The number of aliphatic imine (C=N–C) groups is 1. The maximum absolute atomic E-state index is 13.1. The van der Waals surface area contributed by atoms with Crippen molar-refractivity contribution in [1.82, 2.24) is 4.90 Å². The number of ether oxygens (including phenoxy) is 3. The fourth-order valence-corrected chi connectivity index (χ4v) is 4.55. The van der Waals surface area contributed by atoms with E-state index in [2.05, 4.69) is 20.9 Å². The zero-order valence-electron chi connectivity index (χ0n) is 17.8. The number of carbonyl (C=O) groups excluding carboxylic acids is 1. The van der Waals surface area contributed by atoms with Crippen LogP contribution in [0.4, 0.5) is 5.69 Å². The number of thioether (sulfide) groups is 1. The molecule has 6 nitrogen and oxygen atoms in total. The first-order chi connectivity index (χ1) is 15.1. The summed E-state index contributed by atoms with van der Waals surface area (Å²) in [7, 11) is 1.62. The summed E-state index contributed by atoms with van der Waals surface area (Å²) in [6.07, 6.45) is 1.85. The Hall–Kier alpha value is -2.29. The molecule has 0 aromatic heterocycles. The van der Waals surface area contributed by atoms with Crippen LogP contribution >= 0.6 is 27.7 Å². The van der Waals surface area contributed by atoms with Gasteiger partial charge in [0.15, 0.2) is 16.7 Å². The molecule has 1 heterocycles. The van der Waals surface area contributed by atoms with Gasteiger partial charge in [-0.3, -0.25) is 9.69 Å². The molecule has 1 fully saturated rings. The lowest BCUT2D eigenvalue weighted by Crippen LogP contribution is -2.32. The summed E-state index contributed by atoms with van der Waals surface area (Å²) in [6.45, 7) is 5.75. The zero-order chi connectivity index (χ0) is 22.2. The molecule has 0 saturated carbocycles. The maximum Gasteiger partial charge on any atom is 0.266 e. The summed E-state index contributed by atoms with van der Waals surface area (Å²) < 4.78 is 17.4. The van der Waals surface area contributed by atoms with E-state index in [9.17, 15) is 4.79 Å². The Morgan fingerprint density at radius 3 is 2.55 bits per heavy atom. The molecule has 3 rings (SSSR count). The standard InChI is InChI=1S/C23H25BrN2O4S/c1-4-29-19-14-16(13-18(24)21(19)30-5-2)15-20-22(27)26(11-12-28-3)23(31-20)25-17-9-7-6-8-10-17/h6-10,13-15H,4-5,11-12H2,1-3H3/b20-15+,25-23?. The minimum absolute atomic E-state index is 0.0975. The number of amidine groups is 1. The van der Waals surface area contributed by atoms with Crippen LogP contribution in [0.2, 0.25) is 0 Å². The second-order valence-corrected chi connectivity index (χ2v) is 8.35. The Labute approximate surface area is 195 Å². The molecule has 0 unspecified atom stereocenters. The number of para-hydroxylation sites is 1. The Kier molecular flexibility index (Phi) is 8.57. The first-order valence-electron chi connectivity index (χ1n) is 10.0.